The van der Waals surface area contributed by atoms with Crippen molar-refractivity contribution >= 4 is 21.8 Å². The molecule has 0 aromatic carbocycles. The minimum Gasteiger partial charge on any atom is -0.444 e. The van der Waals surface area contributed by atoms with E-state index in [1.807, 2.05) is 0 Å². The second kappa shape index (κ2) is 3.51. The van der Waals surface area contributed by atoms with Crippen LogP contribution in [-0.4, -0.2) is 25.2 Å². The molecule has 1 fully saturated rings. The molecule has 1 aromatic heterocycles. The van der Waals surface area contributed by atoms with Crippen LogP contribution < -0.4 is 5.32 Å². The maximum absolute atomic E-state index is 11.3. The highest BCUT2D eigenvalue weighted by atomic mass is 79.9. The first kappa shape index (κ1) is 8.77. The van der Waals surface area contributed by atoms with E-state index in [0.717, 1.165) is 6.61 Å². The van der Waals surface area contributed by atoms with Gasteiger partial charge in [0.05, 0.1) is 12.7 Å². The van der Waals surface area contributed by atoms with Gasteiger partial charge >= 0.3 is 0 Å². The molecule has 1 saturated heterocycles. The minimum atomic E-state index is -0.207. The fourth-order valence-electron chi connectivity index (χ4n) is 0.916. The van der Waals surface area contributed by atoms with E-state index < -0.39 is 0 Å². The van der Waals surface area contributed by atoms with E-state index >= 15 is 0 Å². The average Bonchev–Trinajstić information content (AvgIpc) is 2.84. The highest BCUT2D eigenvalue weighted by Crippen LogP contribution is 2.14. The first-order chi connectivity index (χ1) is 6.25. The smallest absolute Gasteiger partial charge is 0.287 e. The molecule has 0 saturated carbocycles. The van der Waals surface area contributed by atoms with E-state index in [2.05, 4.69) is 21.2 Å². The molecular weight excluding hydrogens is 238 g/mol. The Morgan fingerprint density at radius 2 is 2.46 bits per heavy atom. The van der Waals surface area contributed by atoms with Gasteiger partial charge in [0.1, 0.15) is 0 Å². The van der Waals surface area contributed by atoms with Crippen LogP contribution in [-0.2, 0) is 4.74 Å². The van der Waals surface area contributed by atoms with Crippen LogP contribution in [0.5, 0.6) is 0 Å². The number of halogens is 1. The van der Waals surface area contributed by atoms with Crippen LogP contribution in [0.25, 0.3) is 0 Å². The van der Waals surface area contributed by atoms with Gasteiger partial charge in [-0.25, -0.2) is 0 Å². The molecular formula is C8H8BrNO3. The molecule has 2 rings (SSSR count). The lowest BCUT2D eigenvalue weighted by Crippen LogP contribution is -2.26. The van der Waals surface area contributed by atoms with Crippen molar-refractivity contribution in [1.82, 2.24) is 5.32 Å². The summed E-state index contributed by atoms with van der Waals surface area (Å²) >= 11 is 3.12. The molecule has 1 aromatic rings. The number of ether oxygens (including phenoxy) is 1. The summed E-state index contributed by atoms with van der Waals surface area (Å²) in [5.41, 5.74) is 0. The van der Waals surface area contributed by atoms with E-state index in [0.29, 0.717) is 17.0 Å². The standard InChI is InChI=1S/C8H8BrNO3/c9-7-2-1-6(13-7)8(11)10-3-5-4-12-5/h1-2,5H,3-4H2,(H,10,11)/t5-/m1/s1. The predicted octanol–water partition coefficient (Wildman–Crippen LogP) is 1.17. The summed E-state index contributed by atoms with van der Waals surface area (Å²) in [6, 6.07) is 3.30. The van der Waals surface area contributed by atoms with E-state index in [1.54, 1.807) is 12.1 Å². The Morgan fingerprint density at radius 3 is 3.00 bits per heavy atom. The summed E-state index contributed by atoms with van der Waals surface area (Å²) in [5, 5.41) is 2.70. The normalized spacial score (nSPS) is 19.9. The van der Waals surface area contributed by atoms with Crippen LogP contribution in [0, 0.1) is 0 Å². The molecule has 0 radical (unpaired) electrons. The molecule has 1 aliphatic rings. The van der Waals surface area contributed by atoms with E-state index in [9.17, 15) is 4.79 Å². The molecule has 1 amide bonds. The van der Waals surface area contributed by atoms with Crippen molar-refractivity contribution in [2.75, 3.05) is 13.2 Å². The third-order valence-electron chi connectivity index (χ3n) is 1.69. The van der Waals surface area contributed by atoms with Gasteiger partial charge in [-0.2, -0.15) is 0 Å². The SMILES string of the molecule is O=C(NC[C@@H]1CO1)c1ccc(Br)o1. The Bertz CT molecular complexity index is 319. The van der Waals surface area contributed by atoms with Gasteiger partial charge in [0.25, 0.3) is 5.91 Å². The number of rotatable bonds is 3. The van der Waals surface area contributed by atoms with Crippen LogP contribution in [0.15, 0.2) is 21.2 Å². The van der Waals surface area contributed by atoms with E-state index in [-0.39, 0.29) is 12.0 Å². The highest BCUT2D eigenvalue weighted by molar-refractivity contribution is 9.10. The van der Waals surface area contributed by atoms with Crippen LogP contribution in [0.1, 0.15) is 10.6 Å². The van der Waals surface area contributed by atoms with Gasteiger partial charge in [-0.05, 0) is 28.1 Å². The van der Waals surface area contributed by atoms with Crippen molar-refractivity contribution in [3.05, 3.63) is 22.6 Å². The number of amides is 1. The lowest BCUT2D eigenvalue weighted by atomic mass is 10.4. The topological polar surface area (TPSA) is 54.8 Å². The average molecular weight is 246 g/mol. The summed E-state index contributed by atoms with van der Waals surface area (Å²) in [6.45, 7) is 1.29. The van der Waals surface area contributed by atoms with Gasteiger partial charge in [0.15, 0.2) is 10.4 Å². The summed E-state index contributed by atoms with van der Waals surface area (Å²) < 4.78 is 10.6. The molecule has 2 heterocycles. The monoisotopic (exact) mass is 245 g/mol. The molecule has 13 heavy (non-hydrogen) atoms. The number of hydrogen-bond donors (Lipinski definition) is 1. The number of hydrogen-bond acceptors (Lipinski definition) is 3. The Kier molecular flexibility index (Phi) is 2.37. The molecule has 1 atom stereocenters. The van der Waals surface area contributed by atoms with E-state index in [4.69, 9.17) is 9.15 Å². The van der Waals surface area contributed by atoms with Gasteiger partial charge in [-0.15, -0.1) is 0 Å². The summed E-state index contributed by atoms with van der Waals surface area (Å²) in [7, 11) is 0. The number of furan rings is 1. The Labute approximate surface area is 83.4 Å². The van der Waals surface area contributed by atoms with Crippen LogP contribution >= 0.6 is 15.9 Å². The predicted molar refractivity (Wildman–Crippen MR) is 48.5 cm³/mol. The number of carbonyl (C=O) groups excluding carboxylic acids is 1. The molecule has 70 valence electrons. The summed E-state index contributed by atoms with van der Waals surface area (Å²) in [6.07, 6.45) is 0.197. The molecule has 1 aliphatic heterocycles. The molecule has 0 spiro atoms. The van der Waals surface area contributed by atoms with Gasteiger partial charge in [-0.1, -0.05) is 0 Å². The summed E-state index contributed by atoms with van der Waals surface area (Å²) in [4.78, 5) is 11.3. The Balaban J connectivity index is 1.88. The fourth-order valence-corrected chi connectivity index (χ4v) is 1.22. The third-order valence-corrected chi connectivity index (χ3v) is 2.12. The summed E-state index contributed by atoms with van der Waals surface area (Å²) in [5.74, 6) is 0.105. The van der Waals surface area contributed by atoms with Gasteiger partial charge in [0, 0.05) is 6.54 Å². The molecule has 1 N–H and O–H groups in total. The number of epoxide rings is 1. The molecule has 5 heteroatoms. The first-order valence-corrected chi connectivity index (χ1v) is 4.70. The quantitative estimate of drug-likeness (QED) is 0.814. The fraction of sp³-hybridized carbons (Fsp3) is 0.375. The van der Waals surface area contributed by atoms with Crippen molar-refractivity contribution in [3.63, 3.8) is 0 Å². The molecule has 0 bridgehead atoms. The van der Waals surface area contributed by atoms with Crippen molar-refractivity contribution in [3.8, 4) is 0 Å². The van der Waals surface area contributed by atoms with Gasteiger partial charge < -0.3 is 14.5 Å². The minimum absolute atomic E-state index is 0.197. The molecule has 4 nitrogen and oxygen atoms in total. The van der Waals surface area contributed by atoms with Crippen LogP contribution in [0.4, 0.5) is 0 Å². The van der Waals surface area contributed by atoms with Crippen molar-refractivity contribution < 1.29 is 13.9 Å². The second-order valence-corrected chi connectivity index (χ2v) is 3.55. The maximum atomic E-state index is 11.3. The van der Waals surface area contributed by atoms with Gasteiger partial charge in [-0.3, -0.25) is 4.79 Å². The number of carbonyl (C=O) groups is 1. The van der Waals surface area contributed by atoms with Crippen molar-refractivity contribution in [2.24, 2.45) is 0 Å². The zero-order valence-electron chi connectivity index (χ0n) is 6.75. The third kappa shape index (κ3) is 2.32. The Morgan fingerprint density at radius 1 is 1.69 bits per heavy atom. The Hall–Kier alpha value is -0.810. The molecule has 0 unspecified atom stereocenters. The zero-order chi connectivity index (χ0) is 9.26. The second-order valence-electron chi connectivity index (χ2n) is 2.77. The van der Waals surface area contributed by atoms with Crippen molar-refractivity contribution in [2.45, 2.75) is 6.10 Å². The van der Waals surface area contributed by atoms with Crippen molar-refractivity contribution in [1.29, 1.82) is 0 Å². The maximum Gasteiger partial charge on any atom is 0.287 e. The lowest BCUT2D eigenvalue weighted by Gasteiger charge is -1.98. The zero-order valence-corrected chi connectivity index (χ0v) is 8.33. The lowest BCUT2D eigenvalue weighted by molar-refractivity contribution is 0.0921. The van der Waals surface area contributed by atoms with Crippen LogP contribution in [0.3, 0.4) is 0 Å². The number of nitrogens with one attached hydrogen (secondary N) is 1. The largest absolute Gasteiger partial charge is 0.444 e. The van der Waals surface area contributed by atoms with Gasteiger partial charge in [0.2, 0.25) is 0 Å². The van der Waals surface area contributed by atoms with E-state index in [1.165, 1.54) is 0 Å². The molecule has 0 aliphatic carbocycles. The highest BCUT2D eigenvalue weighted by Gasteiger charge is 2.23. The van der Waals surface area contributed by atoms with Crippen LogP contribution in [0.2, 0.25) is 0 Å². The first-order valence-electron chi connectivity index (χ1n) is 3.91.